The predicted molar refractivity (Wildman–Crippen MR) is 145 cm³/mol. The van der Waals surface area contributed by atoms with Gasteiger partial charge < -0.3 is 14.0 Å². The topological polar surface area (TPSA) is 53.4 Å². The monoisotopic (exact) mass is 492 g/mol. The van der Waals surface area contributed by atoms with Gasteiger partial charge in [0.05, 0.1) is 39.1 Å². The van der Waals surface area contributed by atoms with Gasteiger partial charge >= 0.3 is 5.97 Å². The Morgan fingerprint density at radius 1 is 0.917 bits per heavy atom. The highest BCUT2D eigenvalue weighted by Crippen LogP contribution is 2.27. The molecule has 6 heteroatoms. The van der Waals surface area contributed by atoms with E-state index in [9.17, 15) is 4.79 Å². The molecule has 0 fully saturated rings. The average Bonchev–Trinajstić information content (AvgIpc) is 3.28. The first-order valence-electron chi connectivity index (χ1n) is 13.2. The fraction of sp³-hybridized carbons (Fsp3) is 0.467. The molecular formula is C30H42N3O3+. The number of hydrogen-bond acceptors (Lipinski definition) is 4. The van der Waals surface area contributed by atoms with Crippen molar-refractivity contribution >= 4 is 5.97 Å². The van der Waals surface area contributed by atoms with Gasteiger partial charge in [0.25, 0.3) is 0 Å². The molecule has 1 heterocycles. The highest BCUT2D eigenvalue weighted by molar-refractivity contribution is 5.70. The molecule has 0 atom stereocenters. The zero-order chi connectivity index (χ0) is 25.8. The second-order valence-electron chi connectivity index (χ2n) is 10.1. The minimum Gasteiger partial charge on any atom is -0.497 e. The van der Waals surface area contributed by atoms with Crippen LogP contribution in [0.15, 0.2) is 60.8 Å². The Bertz CT molecular complexity index is 1060. The molecule has 0 saturated carbocycles. The highest BCUT2D eigenvalue weighted by Gasteiger charge is 2.25. The predicted octanol–water partition coefficient (Wildman–Crippen LogP) is 6.42. The summed E-state index contributed by atoms with van der Waals surface area (Å²) in [5.74, 6) is 0.662. The van der Waals surface area contributed by atoms with Crippen LogP contribution in [0.3, 0.4) is 0 Å². The summed E-state index contributed by atoms with van der Waals surface area (Å²) < 4.78 is 13.3. The Morgan fingerprint density at radius 3 is 2.25 bits per heavy atom. The van der Waals surface area contributed by atoms with Crippen molar-refractivity contribution < 1.29 is 18.8 Å². The SMILES string of the molecule is CCCCCCCCCOC(=O)C[N+](C)(C)Cc1cn(-c2ccccc2)nc1-c1ccc(OC)cc1. The Balaban J connectivity index is 1.64. The number of methoxy groups -OCH3 is 1. The van der Waals surface area contributed by atoms with E-state index < -0.39 is 0 Å². The fourth-order valence-corrected chi connectivity index (χ4v) is 4.39. The van der Waals surface area contributed by atoms with Gasteiger partial charge in [-0.3, -0.25) is 0 Å². The van der Waals surface area contributed by atoms with E-state index in [0.717, 1.165) is 41.1 Å². The molecule has 6 nitrogen and oxygen atoms in total. The van der Waals surface area contributed by atoms with Gasteiger partial charge in [-0.1, -0.05) is 63.6 Å². The maximum atomic E-state index is 12.6. The first kappa shape index (κ1) is 27.5. The Morgan fingerprint density at radius 2 is 1.58 bits per heavy atom. The van der Waals surface area contributed by atoms with E-state index in [1.54, 1.807) is 7.11 Å². The van der Waals surface area contributed by atoms with Crippen LogP contribution in [-0.4, -0.2) is 54.6 Å². The summed E-state index contributed by atoms with van der Waals surface area (Å²) >= 11 is 0. The fourth-order valence-electron chi connectivity index (χ4n) is 4.39. The smallest absolute Gasteiger partial charge is 0.361 e. The van der Waals surface area contributed by atoms with Gasteiger partial charge in [0.1, 0.15) is 18.0 Å². The van der Waals surface area contributed by atoms with E-state index in [1.807, 2.05) is 59.3 Å². The number of ether oxygens (including phenoxy) is 2. The van der Waals surface area contributed by atoms with Crippen LogP contribution in [0.2, 0.25) is 0 Å². The first-order chi connectivity index (χ1) is 17.4. The maximum absolute atomic E-state index is 12.6. The maximum Gasteiger partial charge on any atom is 0.361 e. The third-order valence-electron chi connectivity index (χ3n) is 6.34. The molecule has 0 bridgehead atoms. The van der Waals surface area contributed by atoms with Gasteiger partial charge in [-0.2, -0.15) is 5.10 Å². The molecule has 3 rings (SSSR count). The van der Waals surface area contributed by atoms with Crippen molar-refractivity contribution in [2.75, 3.05) is 34.4 Å². The summed E-state index contributed by atoms with van der Waals surface area (Å²) in [4.78, 5) is 12.6. The number of carbonyl (C=O) groups excluding carboxylic acids is 1. The lowest BCUT2D eigenvalue weighted by Crippen LogP contribution is -2.43. The van der Waals surface area contributed by atoms with Crippen molar-refractivity contribution in [2.24, 2.45) is 0 Å². The lowest BCUT2D eigenvalue weighted by molar-refractivity contribution is -0.896. The molecule has 0 saturated heterocycles. The number of hydrogen-bond donors (Lipinski definition) is 0. The molecule has 194 valence electrons. The number of likely N-dealkylation sites (N-methyl/N-ethyl adjacent to an activating group) is 1. The van der Waals surface area contributed by atoms with E-state index >= 15 is 0 Å². The summed E-state index contributed by atoms with van der Waals surface area (Å²) in [5, 5.41) is 4.92. The molecule has 0 spiro atoms. The van der Waals surface area contributed by atoms with Crippen molar-refractivity contribution in [3.05, 3.63) is 66.4 Å². The summed E-state index contributed by atoms with van der Waals surface area (Å²) in [6, 6.07) is 18.0. The van der Waals surface area contributed by atoms with Gasteiger partial charge in [0, 0.05) is 11.8 Å². The number of esters is 1. The summed E-state index contributed by atoms with van der Waals surface area (Å²) in [6.07, 6.45) is 10.5. The zero-order valence-electron chi connectivity index (χ0n) is 22.4. The summed E-state index contributed by atoms with van der Waals surface area (Å²) in [7, 11) is 5.79. The van der Waals surface area contributed by atoms with Crippen LogP contribution in [0.4, 0.5) is 0 Å². The van der Waals surface area contributed by atoms with E-state index in [1.165, 1.54) is 32.1 Å². The molecule has 0 radical (unpaired) electrons. The van der Waals surface area contributed by atoms with Crippen LogP contribution in [0.1, 0.15) is 57.4 Å². The van der Waals surface area contributed by atoms with Crippen molar-refractivity contribution in [1.82, 2.24) is 9.78 Å². The number of quaternary nitrogens is 1. The second kappa shape index (κ2) is 13.8. The molecule has 36 heavy (non-hydrogen) atoms. The normalized spacial score (nSPS) is 11.4. The second-order valence-corrected chi connectivity index (χ2v) is 10.1. The minimum absolute atomic E-state index is 0.146. The number of aromatic nitrogens is 2. The molecule has 0 aliphatic rings. The van der Waals surface area contributed by atoms with Crippen molar-refractivity contribution in [2.45, 2.75) is 58.4 Å². The van der Waals surface area contributed by atoms with Crippen LogP contribution < -0.4 is 4.74 Å². The van der Waals surface area contributed by atoms with Crippen molar-refractivity contribution in [3.8, 4) is 22.7 Å². The van der Waals surface area contributed by atoms with E-state index in [-0.39, 0.29) is 5.97 Å². The molecule has 0 unspecified atom stereocenters. The number of carbonyl (C=O) groups is 1. The first-order valence-corrected chi connectivity index (χ1v) is 13.2. The lowest BCUT2D eigenvalue weighted by atomic mass is 10.1. The van der Waals surface area contributed by atoms with Crippen LogP contribution in [0.5, 0.6) is 5.75 Å². The number of para-hydroxylation sites is 1. The Labute approximate surface area is 216 Å². The lowest BCUT2D eigenvalue weighted by Gasteiger charge is -2.28. The third-order valence-corrected chi connectivity index (χ3v) is 6.34. The van der Waals surface area contributed by atoms with Gasteiger partial charge in [-0.15, -0.1) is 0 Å². The molecule has 0 amide bonds. The van der Waals surface area contributed by atoms with Crippen LogP contribution in [-0.2, 0) is 16.1 Å². The average molecular weight is 493 g/mol. The quantitative estimate of drug-likeness (QED) is 0.140. The Kier molecular flexibility index (Phi) is 10.6. The molecule has 0 N–H and O–H groups in total. The molecule has 2 aromatic carbocycles. The zero-order valence-corrected chi connectivity index (χ0v) is 22.4. The minimum atomic E-state index is -0.146. The molecule has 0 aliphatic carbocycles. The van der Waals surface area contributed by atoms with Gasteiger partial charge in [-0.25, -0.2) is 9.48 Å². The van der Waals surface area contributed by atoms with Crippen LogP contribution in [0.25, 0.3) is 16.9 Å². The third kappa shape index (κ3) is 8.52. The number of rotatable bonds is 15. The van der Waals surface area contributed by atoms with Gasteiger partial charge in [-0.05, 0) is 42.8 Å². The number of nitrogens with zero attached hydrogens (tertiary/aromatic N) is 3. The molecule has 0 aliphatic heterocycles. The highest BCUT2D eigenvalue weighted by atomic mass is 16.5. The van der Waals surface area contributed by atoms with E-state index in [2.05, 4.69) is 27.2 Å². The van der Waals surface area contributed by atoms with E-state index in [4.69, 9.17) is 14.6 Å². The van der Waals surface area contributed by atoms with Crippen LogP contribution in [0, 0.1) is 0 Å². The number of unbranched alkanes of at least 4 members (excludes halogenated alkanes) is 6. The molecule has 3 aromatic rings. The van der Waals surface area contributed by atoms with Gasteiger partial charge in [0.2, 0.25) is 0 Å². The number of benzene rings is 2. The Hall–Kier alpha value is -3.12. The molecule has 1 aromatic heterocycles. The van der Waals surface area contributed by atoms with E-state index in [0.29, 0.717) is 24.2 Å². The van der Waals surface area contributed by atoms with Crippen molar-refractivity contribution in [1.29, 1.82) is 0 Å². The summed E-state index contributed by atoms with van der Waals surface area (Å²) in [5.41, 5.74) is 4.00. The largest absolute Gasteiger partial charge is 0.497 e. The van der Waals surface area contributed by atoms with Crippen LogP contribution >= 0.6 is 0 Å². The molecular weight excluding hydrogens is 450 g/mol. The summed E-state index contributed by atoms with van der Waals surface area (Å²) in [6.45, 7) is 3.71. The standard InChI is InChI=1S/C30H42N3O3/c1-5-6-7-8-9-10-14-21-36-29(34)24-33(2,3)23-26-22-32(27-15-12-11-13-16-27)31-30(26)25-17-19-28(35-4)20-18-25/h11-13,15-20,22H,5-10,14,21,23-24H2,1-4H3/q+1. The van der Waals surface area contributed by atoms with Crippen molar-refractivity contribution in [3.63, 3.8) is 0 Å². The van der Waals surface area contributed by atoms with Gasteiger partial charge in [0.15, 0.2) is 6.54 Å².